The van der Waals surface area contributed by atoms with Crippen molar-refractivity contribution in [2.75, 3.05) is 26.7 Å². The third kappa shape index (κ3) is 2.28. The lowest BCUT2D eigenvalue weighted by Gasteiger charge is -2.36. The summed E-state index contributed by atoms with van der Waals surface area (Å²) in [6.07, 6.45) is 1.16. The number of benzene rings is 1. The van der Waals surface area contributed by atoms with Crippen molar-refractivity contribution in [1.82, 2.24) is 4.90 Å². The Morgan fingerprint density at radius 3 is 2.81 bits per heavy atom. The van der Waals surface area contributed by atoms with Crippen molar-refractivity contribution in [3.8, 4) is 0 Å². The smallest absolute Gasteiger partial charge is 0.0477 e. The van der Waals surface area contributed by atoms with E-state index in [1.54, 1.807) is 0 Å². The zero-order valence-corrected chi connectivity index (χ0v) is 10.2. The number of nitrogens with zero attached hydrogens (tertiary/aromatic N) is 1. The molecule has 1 aromatic rings. The molecule has 88 valence electrons. The van der Waals surface area contributed by atoms with Crippen molar-refractivity contribution in [1.29, 1.82) is 0 Å². The first-order valence-corrected chi connectivity index (χ1v) is 6.07. The van der Waals surface area contributed by atoms with Gasteiger partial charge in [-0.1, -0.05) is 24.3 Å². The van der Waals surface area contributed by atoms with Crippen LogP contribution in [0.1, 0.15) is 23.5 Å². The Morgan fingerprint density at radius 1 is 1.38 bits per heavy atom. The van der Waals surface area contributed by atoms with Crippen LogP contribution >= 0.6 is 0 Å². The van der Waals surface area contributed by atoms with Gasteiger partial charge in [0.1, 0.15) is 0 Å². The van der Waals surface area contributed by atoms with E-state index in [9.17, 15) is 5.11 Å². The third-order valence-corrected chi connectivity index (χ3v) is 3.76. The molecule has 0 radical (unpaired) electrons. The number of rotatable bonds is 2. The van der Waals surface area contributed by atoms with E-state index in [4.69, 9.17) is 0 Å². The van der Waals surface area contributed by atoms with Gasteiger partial charge >= 0.3 is 0 Å². The van der Waals surface area contributed by atoms with E-state index in [2.05, 4.69) is 43.1 Å². The Bertz CT molecular complexity index is 350. The molecular weight excluding hydrogens is 198 g/mol. The van der Waals surface area contributed by atoms with Crippen LogP contribution in [0.4, 0.5) is 0 Å². The van der Waals surface area contributed by atoms with Crippen molar-refractivity contribution in [3.05, 3.63) is 35.4 Å². The average molecular weight is 219 g/mol. The maximum atomic E-state index is 9.50. The summed E-state index contributed by atoms with van der Waals surface area (Å²) in [4.78, 5) is 2.32. The molecule has 2 atom stereocenters. The summed E-state index contributed by atoms with van der Waals surface area (Å²) in [6, 6.07) is 8.58. The van der Waals surface area contributed by atoms with Gasteiger partial charge in [-0.25, -0.2) is 0 Å². The molecule has 1 saturated heterocycles. The second-order valence-corrected chi connectivity index (χ2v) is 4.96. The van der Waals surface area contributed by atoms with E-state index >= 15 is 0 Å². The number of likely N-dealkylation sites (tertiary alicyclic amines) is 1. The quantitative estimate of drug-likeness (QED) is 0.822. The second-order valence-electron chi connectivity index (χ2n) is 4.96. The fourth-order valence-corrected chi connectivity index (χ4v) is 2.81. The molecule has 1 heterocycles. The Kier molecular flexibility index (Phi) is 3.62. The van der Waals surface area contributed by atoms with Gasteiger partial charge in [0.05, 0.1) is 0 Å². The van der Waals surface area contributed by atoms with Gasteiger partial charge in [-0.15, -0.1) is 0 Å². The molecule has 0 aromatic heterocycles. The lowest BCUT2D eigenvalue weighted by Crippen LogP contribution is -2.38. The SMILES string of the molecule is Cc1ccccc1[C@@H]1CCN(C)C[C@H]1CO. The average Bonchev–Trinajstić information content (AvgIpc) is 2.30. The van der Waals surface area contributed by atoms with Gasteiger partial charge in [0, 0.05) is 19.1 Å². The zero-order valence-electron chi connectivity index (χ0n) is 10.2. The number of aliphatic hydroxyl groups is 1. The zero-order chi connectivity index (χ0) is 11.5. The highest BCUT2D eigenvalue weighted by atomic mass is 16.3. The Morgan fingerprint density at radius 2 is 2.12 bits per heavy atom. The molecule has 1 N–H and O–H groups in total. The van der Waals surface area contributed by atoms with Gasteiger partial charge in [-0.05, 0) is 44.0 Å². The molecule has 2 rings (SSSR count). The summed E-state index contributed by atoms with van der Waals surface area (Å²) in [7, 11) is 2.14. The monoisotopic (exact) mass is 219 g/mol. The minimum Gasteiger partial charge on any atom is -0.396 e. The van der Waals surface area contributed by atoms with Crippen molar-refractivity contribution in [3.63, 3.8) is 0 Å². The van der Waals surface area contributed by atoms with Gasteiger partial charge in [-0.2, -0.15) is 0 Å². The molecular formula is C14H21NO. The van der Waals surface area contributed by atoms with Crippen LogP contribution in [0.5, 0.6) is 0 Å². The summed E-state index contributed by atoms with van der Waals surface area (Å²) in [6.45, 7) is 4.61. The lowest BCUT2D eigenvalue weighted by atomic mass is 9.79. The highest BCUT2D eigenvalue weighted by Crippen LogP contribution is 2.33. The number of aryl methyl sites for hydroxylation is 1. The van der Waals surface area contributed by atoms with Crippen LogP contribution < -0.4 is 0 Å². The minimum absolute atomic E-state index is 0.295. The fraction of sp³-hybridized carbons (Fsp3) is 0.571. The van der Waals surface area contributed by atoms with E-state index in [1.807, 2.05) is 0 Å². The molecule has 1 aliphatic heterocycles. The maximum Gasteiger partial charge on any atom is 0.0477 e. The van der Waals surface area contributed by atoms with Crippen LogP contribution in [0.25, 0.3) is 0 Å². The predicted octanol–water partition coefficient (Wildman–Crippen LogP) is 2.02. The molecule has 0 bridgehead atoms. The largest absolute Gasteiger partial charge is 0.396 e. The number of aliphatic hydroxyl groups excluding tert-OH is 1. The number of piperidine rings is 1. The lowest BCUT2D eigenvalue weighted by molar-refractivity contribution is 0.118. The van der Waals surface area contributed by atoms with Crippen LogP contribution in [0.3, 0.4) is 0 Å². The normalized spacial score (nSPS) is 26.9. The molecule has 0 saturated carbocycles. The van der Waals surface area contributed by atoms with Gasteiger partial charge < -0.3 is 10.0 Å². The summed E-state index contributed by atoms with van der Waals surface area (Å²) in [5.74, 6) is 0.919. The van der Waals surface area contributed by atoms with Crippen molar-refractivity contribution >= 4 is 0 Å². The maximum absolute atomic E-state index is 9.50. The van der Waals surface area contributed by atoms with Gasteiger partial charge in [-0.3, -0.25) is 0 Å². The standard InChI is InChI=1S/C14H21NO/c1-11-5-3-4-6-13(11)14-7-8-15(2)9-12(14)10-16/h3-6,12,14,16H,7-10H2,1-2H3/t12-,14+/m0/s1. The first-order chi connectivity index (χ1) is 7.72. The van der Waals surface area contributed by atoms with Crippen molar-refractivity contribution < 1.29 is 5.11 Å². The van der Waals surface area contributed by atoms with Gasteiger partial charge in [0.2, 0.25) is 0 Å². The molecule has 16 heavy (non-hydrogen) atoms. The summed E-state index contributed by atoms with van der Waals surface area (Å²) in [5.41, 5.74) is 2.78. The van der Waals surface area contributed by atoms with E-state index < -0.39 is 0 Å². The van der Waals surface area contributed by atoms with E-state index in [0.717, 1.165) is 19.5 Å². The molecule has 0 amide bonds. The fourth-order valence-electron chi connectivity index (χ4n) is 2.81. The van der Waals surface area contributed by atoms with Crippen LogP contribution in [-0.2, 0) is 0 Å². The first kappa shape index (κ1) is 11.6. The molecule has 0 spiro atoms. The number of hydrogen-bond acceptors (Lipinski definition) is 2. The summed E-state index contributed by atoms with van der Waals surface area (Å²) in [5, 5.41) is 9.50. The predicted molar refractivity (Wildman–Crippen MR) is 66.6 cm³/mol. The molecule has 1 fully saturated rings. The highest BCUT2D eigenvalue weighted by molar-refractivity contribution is 5.30. The minimum atomic E-state index is 0.295. The third-order valence-electron chi connectivity index (χ3n) is 3.76. The molecule has 1 aliphatic rings. The number of hydrogen-bond donors (Lipinski definition) is 1. The van der Waals surface area contributed by atoms with Crippen molar-refractivity contribution in [2.45, 2.75) is 19.3 Å². The van der Waals surface area contributed by atoms with E-state index in [1.165, 1.54) is 11.1 Å². The Balaban J connectivity index is 2.22. The Labute approximate surface area is 97.9 Å². The summed E-state index contributed by atoms with van der Waals surface area (Å²) >= 11 is 0. The van der Waals surface area contributed by atoms with Crippen LogP contribution in [0, 0.1) is 12.8 Å². The molecule has 0 unspecified atom stereocenters. The van der Waals surface area contributed by atoms with Crippen LogP contribution in [0.15, 0.2) is 24.3 Å². The topological polar surface area (TPSA) is 23.5 Å². The molecule has 1 aromatic carbocycles. The highest BCUT2D eigenvalue weighted by Gasteiger charge is 2.28. The van der Waals surface area contributed by atoms with E-state index in [-0.39, 0.29) is 0 Å². The second kappa shape index (κ2) is 4.98. The Hall–Kier alpha value is -0.860. The first-order valence-electron chi connectivity index (χ1n) is 6.07. The van der Waals surface area contributed by atoms with Gasteiger partial charge in [0.15, 0.2) is 0 Å². The van der Waals surface area contributed by atoms with Crippen molar-refractivity contribution in [2.24, 2.45) is 5.92 Å². The van der Waals surface area contributed by atoms with Crippen LogP contribution in [0.2, 0.25) is 0 Å². The van der Waals surface area contributed by atoms with E-state index in [0.29, 0.717) is 18.4 Å². The summed E-state index contributed by atoms with van der Waals surface area (Å²) < 4.78 is 0. The van der Waals surface area contributed by atoms with Gasteiger partial charge in [0.25, 0.3) is 0 Å². The molecule has 0 aliphatic carbocycles. The molecule has 2 nitrogen and oxygen atoms in total. The molecule has 2 heteroatoms. The van der Waals surface area contributed by atoms with Crippen LogP contribution in [-0.4, -0.2) is 36.8 Å².